The van der Waals surface area contributed by atoms with E-state index in [1.54, 1.807) is 14.2 Å². The maximum atomic E-state index is 6.21. The van der Waals surface area contributed by atoms with Gasteiger partial charge in [0.15, 0.2) is 5.96 Å². The number of nitrogens with one attached hydrogen (secondary N) is 1. The molecule has 0 spiro atoms. The number of rotatable bonds is 8. The van der Waals surface area contributed by atoms with E-state index in [9.17, 15) is 0 Å². The molecule has 1 aliphatic heterocycles. The lowest BCUT2D eigenvalue weighted by atomic mass is 10.0. The van der Waals surface area contributed by atoms with E-state index in [0.717, 1.165) is 43.3 Å². The zero-order valence-electron chi connectivity index (χ0n) is 17.5. The highest BCUT2D eigenvalue weighted by atomic mass is 127. The number of para-hydroxylation sites is 1. The summed E-state index contributed by atoms with van der Waals surface area (Å²) in [6.45, 7) is 4.27. The van der Waals surface area contributed by atoms with Crippen LogP contribution in [0.5, 0.6) is 5.75 Å². The van der Waals surface area contributed by atoms with Crippen LogP contribution in [-0.2, 0) is 16.1 Å². The summed E-state index contributed by atoms with van der Waals surface area (Å²) in [6, 6.07) is 16.2. The molecule has 1 atom stereocenters. The Morgan fingerprint density at radius 2 is 1.83 bits per heavy atom. The second-order valence-corrected chi connectivity index (χ2v) is 6.88. The molecule has 164 valence electrons. The standard InChI is InChI=1S/C22H30N4O3.HI/c1-27-16-18-5-3-4-6-20(18)25-22(23)24-15-21(26-11-13-29-14-12-26)17-7-9-19(28-2)10-8-17;/h3-10,21H,11-16H2,1-2H3,(H3,23,24,25);1H. The van der Waals surface area contributed by atoms with E-state index in [2.05, 4.69) is 27.3 Å². The Hall–Kier alpha value is -1.88. The van der Waals surface area contributed by atoms with E-state index < -0.39 is 0 Å². The summed E-state index contributed by atoms with van der Waals surface area (Å²) < 4.78 is 16.1. The molecule has 3 rings (SSSR count). The number of aliphatic imine (C=N–C) groups is 1. The van der Waals surface area contributed by atoms with E-state index in [4.69, 9.17) is 19.9 Å². The third kappa shape index (κ3) is 6.83. The van der Waals surface area contributed by atoms with Gasteiger partial charge in [-0.3, -0.25) is 9.89 Å². The zero-order valence-corrected chi connectivity index (χ0v) is 19.9. The third-order valence-electron chi connectivity index (χ3n) is 5.00. The smallest absolute Gasteiger partial charge is 0.193 e. The number of hydrogen-bond donors (Lipinski definition) is 2. The highest BCUT2D eigenvalue weighted by molar-refractivity contribution is 14.0. The van der Waals surface area contributed by atoms with Crippen molar-refractivity contribution in [2.45, 2.75) is 12.6 Å². The van der Waals surface area contributed by atoms with Crippen LogP contribution in [0.15, 0.2) is 53.5 Å². The van der Waals surface area contributed by atoms with E-state index in [0.29, 0.717) is 19.1 Å². The second-order valence-electron chi connectivity index (χ2n) is 6.88. The molecular formula is C22H31IN4O3. The molecule has 0 aromatic heterocycles. The maximum absolute atomic E-state index is 6.21. The molecule has 2 aromatic rings. The predicted octanol–water partition coefficient (Wildman–Crippen LogP) is 3.26. The van der Waals surface area contributed by atoms with Crippen molar-refractivity contribution in [3.8, 4) is 5.75 Å². The van der Waals surface area contributed by atoms with Gasteiger partial charge in [-0.15, -0.1) is 24.0 Å². The van der Waals surface area contributed by atoms with E-state index in [1.165, 1.54) is 5.56 Å². The lowest BCUT2D eigenvalue weighted by molar-refractivity contribution is 0.0180. The van der Waals surface area contributed by atoms with Gasteiger partial charge >= 0.3 is 0 Å². The summed E-state index contributed by atoms with van der Waals surface area (Å²) in [5.41, 5.74) is 9.33. The van der Waals surface area contributed by atoms with Crippen molar-refractivity contribution < 1.29 is 14.2 Å². The Morgan fingerprint density at radius 3 is 2.50 bits per heavy atom. The molecule has 8 heteroatoms. The van der Waals surface area contributed by atoms with Gasteiger partial charge in [0.25, 0.3) is 0 Å². The first kappa shape index (κ1) is 24.4. The van der Waals surface area contributed by atoms with Crippen molar-refractivity contribution in [3.63, 3.8) is 0 Å². The minimum absolute atomic E-state index is 0. The normalized spacial score (nSPS) is 15.9. The molecule has 1 fully saturated rings. The fourth-order valence-corrected chi connectivity index (χ4v) is 3.43. The summed E-state index contributed by atoms with van der Waals surface area (Å²) in [4.78, 5) is 7.03. The Balaban J connectivity index is 0.00000320. The molecular weight excluding hydrogens is 495 g/mol. The number of benzene rings is 2. The highest BCUT2D eigenvalue weighted by Gasteiger charge is 2.22. The molecule has 1 saturated heterocycles. The monoisotopic (exact) mass is 526 g/mol. The van der Waals surface area contributed by atoms with Crippen molar-refractivity contribution in [1.29, 1.82) is 0 Å². The van der Waals surface area contributed by atoms with Crippen molar-refractivity contribution in [2.75, 3.05) is 52.4 Å². The van der Waals surface area contributed by atoms with Crippen LogP contribution in [0.4, 0.5) is 5.69 Å². The number of halogens is 1. The fraction of sp³-hybridized carbons (Fsp3) is 0.409. The van der Waals surface area contributed by atoms with Gasteiger partial charge in [0.05, 0.1) is 39.5 Å². The lowest BCUT2D eigenvalue weighted by Gasteiger charge is -2.34. The summed E-state index contributed by atoms with van der Waals surface area (Å²) in [7, 11) is 3.35. The van der Waals surface area contributed by atoms with Crippen molar-refractivity contribution in [3.05, 3.63) is 59.7 Å². The van der Waals surface area contributed by atoms with Gasteiger partial charge in [-0.05, 0) is 23.8 Å². The molecule has 0 saturated carbocycles. The molecule has 1 heterocycles. The van der Waals surface area contributed by atoms with E-state index >= 15 is 0 Å². The first-order chi connectivity index (χ1) is 14.2. The number of ether oxygens (including phenoxy) is 3. The molecule has 30 heavy (non-hydrogen) atoms. The molecule has 0 radical (unpaired) electrons. The van der Waals surface area contributed by atoms with Gasteiger partial charge in [0.1, 0.15) is 5.75 Å². The molecule has 0 amide bonds. The van der Waals surface area contributed by atoms with Crippen molar-refractivity contribution in [1.82, 2.24) is 4.90 Å². The largest absolute Gasteiger partial charge is 0.497 e. The molecule has 2 aromatic carbocycles. The van der Waals surface area contributed by atoms with Gasteiger partial charge in [0, 0.05) is 31.5 Å². The first-order valence-corrected chi connectivity index (χ1v) is 9.81. The number of hydrogen-bond acceptors (Lipinski definition) is 5. The number of nitrogens with two attached hydrogens (primary N) is 1. The molecule has 3 N–H and O–H groups in total. The molecule has 0 aliphatic carbocycles. The van der Waals surface area contributed by atoms with Gasteiger partial charge in [-0.25, -0.2) is 0 Å². The van der Waals surface area contributed by atoms with E-state index in [1.807, 2.05) is 36.4 Å². The van der Waals surface area contributed by atoms with Gasteiger partial charge < -0.3 is 25.3 Å². The van der Waals surface area contributed by atoms with Crippen LogP contribution in [-0.4, -0.2) is 57.9 Å². The average Bonchev–Trinajstić information content (AvgIpc) is 2.76. The maximum Gasteiger partial charge on any atom is 0.193 e. The molecule has 1 unspecified atom stereocenters. The first-order valence-electron chi connectivity index (χ1n) is 9.81. The van der Waals surface area contributed by atoms with Crippen LogP contribution < -0.4 is 15.8 Å². The zero-order chi connectivity index (χ0) is 20.5. The highest BCUT2D eigenvalue weighted by Crippen LogP contribution is 2.24. The summed E-state index contributed by atoms with van der Waals surface area (Å²) in [5.74, 6) is 1.23. The Morgan fingerprint density at radius 1 is 1.13 bits per heavy atom. The van der Waals surface area contributed by atoms with Crippen LogP contribution in [0.3, 0.4) is 0 Å². The minimum Gasteiger partial charge on any atom is -0.497 e. The van der Waals surface area contributed by atoms with Gasteiger partial charge in [-0.2, -0.15) is 0 Å². The number of guanidine groups is 1. The Labute approximate surface area is 195 Å². The van der Waals surface area contributed by atoms with Crippen molar-refractivity contribution >= 4 is 35.6 Å². The van der Waals surface area contributed by atoms with Crippen molar-refractivity contribution in [2.24, 2.45) is 10.7 Å². The predicted molar refractivity (Wildman–Crippen MR) is 131 cm³/mol. The summed E-state index contributed by atoms with van der Waals surface area (Å²) >= 11 is 0. The molecule has 7 nitrogen and oxygen atoms in total. The summed E-state index contributed by atoms with van der Waals surface area (Å²) in [5, 5.41) is 3.21. The van der Waals surface area contributed by atoms with Crippen LogP contribution in [0.1, 0.15) is 17.2 Å². The van der Waals surface area contributed by atoms with Crippen LogP contribution in [0.25, 0.3) is 0 Å². The number of anilines is 1. The van der Waals surface area contributed by atoms with Crippen LogP contribution in [0.2, 0.25) is 0 Å². The quantitative estimate of drug-likeness (QED) is 0.312. The lowest BCUT2D eigenvalue weighted by Crippen LogP contribution is -2.40. The van der Waals surface area contributed by atoms with Crippen LogP contribution in [0, 0.1) is 0 Å². The van der Waals surface area contributed by atoms with E-state index in [-0.39, 0.29) is 30.0 Å². The fourth-order valence-electron chi connectivity index (χ4n) is 3.43. The average molecular weight is 526 g/mol. The topological polar surface area (TPSA) is 81.3 Å². The third-order valence-corrected chi connectivity index (χ3v) is 5.00. The molecule has 0 bridgehead atoms. The Bertz CT molecular complexity index is 795. The minimum atomic E-state index is 0. The number of nitrogens with zero attached hydrogens (tertiary/aromatic N) is 2. The Kier molecular flexibility index (Phi) is 10.4. The number of methoxy groups -OCH3 is 2. The molecule has 1 aliphatic rings. The van der Waals surface area contributed by atoms with Gasteiger partial charge in [-0.1, -0.05) is 30.3 Å². The number of morpholine rings is 1. The second kappa shape index (κ2) is 12.7. The summed E-state index contributed by atoms with van der Waals surface area (Å²) in [6.07, 6.45) is 0. The SMILES string of the molecule is COCc1ccccc1NC(N)=NCC(c1ccc(OC)cc1)N1CCOCC1.I. The van der Waals surface area contributed by atoms with Gasteiger partial charge in [0.2, 0.25) is 0 Å². The van der Waals surface area contributed by atoms with Crippen LogP contribution >= 0.6 is 24.0 Å².